The van der Waals surface area contributed by atoms with Crippen LogP contribution in [0.1, 0.15) is 13.3 Å². The van der Waals surface area contributed by atoms with E-state index >= 15 is 0 Å². The van der Waals surface area contributed by atoms with Crippen molar-refractivity contribution in [2.75, 3.05) is 6.54 Å². The molecule has 14 heavy (non-hydrogen) atoms. The molecule has 0 radical (unpaired) electrons. The molecule has 0 saturated carbocycles. The third-order valence-corrected chi connectivity index (χ3v) is 1.52. The normalized spacial score (nSPS) is 8.93. The number of rotatable bonds is 4. The summed E-state index contributed by atoms with van der Waals surface area (Å²) >= 11 is 0. The van der Waals surface area contributed by atoms with Crippen molar-refractivity contribution in [3.63, 3.8) is 0 Å². The van der Waals surface area contributed by atoms with Crippen molar-refractivity contribution in [3.8, 4) is 11.8 Å². The highest BCUT2D eigenvalue weighted by atomic mass is 16.2. The van der Waals surface area contributed by atoms with Crippen LogP contribution in [0.5, 0.6) is 0 Å². The molecule has 0 bridgehead atoms. The van der Waals surface area contributed by atoms with E-state index in [0.717, 1.165) is 0 Å². The predicted molar refractivity (Wildman–Crippen MR) is 51.1 cm³/mol. The van der Waals surface area contributed by atoms with Gasteiger partial charge in [0.25, 0.3) is 0 Å². The molecule has 0 fully saturated rings. The van der Waals surface area contributed by atoms with E-state index in [1.54, 1.807) is 6.92 Å². The standard InChI is InChI=1S/C9H12N4O/c1-2-3-4-5-11-9(14)6-13-8-10-7-12-13/h7-8H,4-6H2,1H3,(H,11,14). The molecule has 0 aliphatic carbocycles. The van der Waals surface area contributed by atoms with E-state index in [0.29, 0.717) is 13.0 Å². The minimum Gasteiger partial charge on any atom is -0.354 e. The third-order valence-electron chi connectivity index (χ3n) is 1.52. The van der Waals surface area contributed by atoms with E-state index in [2.05, 4.69) is 27.2 Å². The number of nitrogens with one attached hydrogen (secondary N) is 1. The maximum absolute atomic E-state index is 11.2. The molecule has 74 valence electrons. The molecule has 0 unspecified atom stereocenters. The lowest BCUT2D eigenvalue weighted by Gasteiger charge is -2.01. The zero-order valence-corrected chi connectivity index (χ0v) is 8.03. The Labute approximate surface area is 82.5 Å². The number of carbonyl (C=O) groups is 1. The van der Waals surface area contributed by atoms with Gasteiger partial charge in [0.05, 0.1) is 0 Å². The van der Waals surface area contributed by atoms with E-state index in [-0.39, 0.29) is 12.5 Å². The van der Waals surface area contributed by atoms with E-state index in [9.17, 15) is 4.79 Å². The Bertz CT molecular complexity index is 333. The number of amides is 1. The van der Waals surface area contributed by atoms with E-state index in [4.69, 9.17) is 0 Å². The summed E-state index contributed by atoms with van der Waals surface area (Å²) in [5.41, 5.74) is 0. The summed E-state index contributed by atoms with van der Waals surface area (Å²) in [4.78, 5) is 15.0. The maximum atomic E-state index is 11.2. The van der Waals surface area contributed by atoms with Crippen molar-refractivity contribution in [2.24, 2.45) is 0 Å². The van der Waals surface area contributed by atoms with Crippen LogP contribution in [0.25, 0.3) is 0 Å². The summed E-state index contributed by atoms with van der Waals surface area (Å²) < 4.78 is 1.47. The first kappa shape index (κ1) is 10.3. The predicted octanol–water partition coefficient (Wildman–Crippen LogP) is -0.192. The van der Waals surface area contributed by atoms with Gasteiger partial charge < -0.3 is 5.32 Å². The molecule has 1 amide bonds. The van der Waals surface area contributed by atoms with Gasteiger partial charge in [-0.2, -0.15) is 5.10 Å². The number of carbonyl (C=O) groups excluding carboxylic acids is 1. The molecule has 5 heteroatoms. The molecule has 0 aliphatic heterocycles. The minimum atomic E-state index is -0.0756. The van der Waals surface area contributed by atoms with Gasteiger partial charge in [0, 0.05) is 13.0 Å². The van der Waals surface area contributed by atoms with Crippen molar-refractivity contribution >= 4 is 5.91 Å². The molecule has 0 atom stereocenters. The molecule has 0 spiro atoms. The van der Waals surface area contributed by atoms with Crippen LogP contribution >= 0.6 is 0 Å². The van der Waals surface area contributed by atoms with Gasteiger partial charge in [-0.3, -0.25) is 4.79 Å². The van der Waals surface area contributed by atoms with Gasteiger partial charge in [-0.25, -0.2) is 9.67 Å². The first-order chi connectivity index (χ1) is 6.83. The molecule has 0 aromatic carbocycles. The summed E-state index contributed by atoms with van der Waals surface area (Å²) in [6, 6.07) is 0. The number of nitrogens with zero attached hydrogens (tertiary/aromatic N) is 3. The highest BCUT2D eigenvalue weighted by molar-refractivity contribution is 5.75. The molecular weight excluding hydrogens is 180 g/mol. The third kappa shape index (κ3) is 3.72. The summed E-state index contributed by atoms with van der Waals surface area (Å²) in [7, 11) is 0. The Morgan fingerprint density at radius 1 is 1.64 bits per heavy atom. The van der Waals surface area contributed by atoms with Gasteiger partial charge in [-0.05, 0) is 6.92 Å². The Morgan fingerprint density at radius 3 is 3.14 bits per heavy atom. The van der Waals surface area contributed by atoms with Crippen molar-refractivity contribution in [3.05, 3.63) is 12.7 Å². The molecule has 5 nitrogen and oxygen atoms in total. The molecule has 1 aromatic rings. The second kappa shape index (κ2) is 5.75. The lowest BCUT2D eigenvalue weighted by Crippen LogP contribution is -2.28. The van der Waals surface area contributed by atoms with Crippen LogP contribution in [0.4, 0.5) is 0 Å². The van der Waals surface area contributed by atoms with Crippen molar-refractivity contribution < 1.29 is 4.79 Å². The van der Waals surface area contributed by atoms with Gasteiger partial charge in [-0.1, -0.05) is 0 Å². The van der Waals surface area contributed by atoms with Gasteiger partial charge >= 0.3 is 0 Å². The smallest absolute Gasteiger partial charge is 0.241 e. The second-order valence-electron chi connectivity index (χ2n) is 2.62. The first-order valence-corrected chi connectivity index (χ1v) is 4.31. The average molecular weight is 192 g/mol. The summed E-state index contributed by atoms with van der Waals surface area (Å²) in [5, 5.41) is 6.54. The van der Waals surface area contributed by atoms with Gasteiger partial charge in [0.1, 0.15) is 19.2 Å². The maximum Gasteiger partial charge on any atom is 0.241 e. The minimum absolute atomic E-state index is 0.0756. The fraction of sp³-hybridized carbons (Fsp3) is 0.444. The largest absolute Gasteiger partial charge is 0.354 e. The van der Waals surface area contributed by atoms with Crippen molar-refractivity contribution in [1.29, 1.82) is 0 Å². The molecule has 1 aromatic heterocycles. The first-order valence-electron chi connectivity index (χ1n) is 4.31. The number of hydrogen-bond donors (Lipinski definition) is 1. The monoisotopic (exact) mass is 192 g/mol. The summed E-state index contributed by atoms with van der Waals surface area (Å²) in [6.07, 6.45) is 3.58. The highest BCUT2D eigenvalue weighted by Crippen LogP contribution is 1.80. The summed E-state index contributed by atoms with van der Waals surface area (Å²) in [5.74, 6) is 5.55. The summed E-state index contributed by atoms with van der Waals surface area (Å²) in [6.45, 7) is 2.56. The molecule has 1 N–H and O–H groups in total. The Balaban J connectivity index is 2.19. The van der Waals surface area contributed by atoms with Crippen LogP contribution in [0, 0.1) is 11.8 Å². The van der Waals surface area contributed by atoms with Crippen LogP contribution < -0.4 is 5.32 Å². The SMILES string of the molecule is CC#CCCNC(=O)Cn1cncn1. The zero-order chi connectivity index (χ0) is 10.2. The topological polar surface area (TPSA) is 59.8 Å². The Morgan fingerprint density at radius 2 is 2.50 bits per heavy atom. The Kier molecular flexibility index (Phi) is 4.21. The van der Waals surface area contributed by atoms with Gasteiger partial charge in [0.2, 0.25) is 5.91 Å². The van der Waals surface area contributed by atoms with Crippen LogP contribution in [-0.2, 0) is 11.3 Å². The highest BCUT2D eigenvalue weighted by Gasteiger charge is 2.00. The van der Waals surface area contributed by atoms with Crippen molar-refractivity contribution in [2.45, 2.75) is 19.9 Å². The van der Waals surface area contributed by atoms with Gasteiger partial charge in [-0.15, -0.1) is 11.8 Å². The molecule has 0 saturated heterocycles. The molecule has 1 heterocycles. The fourth-order valence-corrected chi connectivity index (χ4v) is 0.907. The molecule has 1 rings (SSSR count). The number of aromatic nitrogens is 3. The molecular formula is C9H12N4O. The zero-order valence-electron chi connectivity index (χ0n) is 8.03. The lowest BCUT2D eigenvalue weighted by molar-refractivity contribution is -0.121. The Hall–Kier alpha value is -1.83. The van der Waals surface area contributed by atoms with E-state index < -0.39 is 0 Å². The van der Waals surface area contributed by atoms with Gasteiger partial charge in [0.15, 0.2) is 0 Å². The number of hydrogen-bond acceptors (Lipinski definition) is 3. The molecule has 0 aliphatic rings. The van der Waals surface area contributed by atoms with Crippen LogP contribution in [-0.4, -0.2) is 27.2 Å². The van der Waals surface area contributed by atoms with Crippen LogP contribution in [0.3, 0.4) is 0 Å². The van der Waals surface area contributed by atoms with Crippen LogP contribution in [0.15, 0.2) is 12.7 Å². The van der Waals surface area contributed by atoms with E-state index in [1.807, 2.05) is 0 Å². The fourth-order valence-electron chi connectivity index (χ4n) is 0.907. The van der Waals surface area contributed by atoms with Crippen molar-refractivity contribution in [1.82, 2.24) is 20.1 Å². The van der Waals surface area contributed by atoms with E-state index in [1.165, 1.54) is 17.3 Å². The lowest BCUT2D eigenvalue weighted by atomic mass is 10.4. The quantitative estimate of drug-likeness (QED) is 0.531. The second-order valence-corrected chi connectivity index (χ2v) is 2.62. The average Bonchev–Trinajstić information content (AvgIpc) is 2.65. The van der Waals surface area contributed by atoms with Crippen LogP contribution in [0.2, 0.25) is 0 Å².